The minimum atomic E-state index is 0.106. The van der Waals surface area contributed by atoms with E-state index in [0.717, 1.165) is 53.0 Å². The Bertz CT molecular complexity index is 2360. The van der Waals surface area contributed by atoms with Crippen molar-refractivity contribution in [2.45, 2.75) is 60.8 Å². The van der Waals surface area contributed by atoms with Gasteiger partial charge in [0.15, 0.2) is 0 Å². The van der Waals surface area contributed by atoms with Crippen LogP contribution in [0, 0.1) is 20.8 Å². The van der Waals surface area contributed by atoms with Crippen molar-refractivity contribution in [2.75, 3.05) is 56.6 Å². The third-order valence-corrected chi connectivity index (χ3v) is 9.60. The smallest absolute Gasteiger partial charge is 0.218 e. The van der Waals surface area contributed by atoms with Crippen LogP contribution >= 0.6 is 11.6 Å². The lowest BCUT2D eigenvalue weighted by atomic mass is 10.0. The van der Waals surface area contributed by atoms with Gasteiger partial charge in [0.2, 0.25) is 47.7 Å². The molecule has 68 heavy (non-hydrogen) atoms. The Morgan fingerprint density at radius 1 is 0.441 bits per heavy atom. The third kappa shape index (κ3) is 20.4. The first-order valence-electron chi connectivity index (χ1n) is 21.2. The zero-order chi connectivity index (χ0) is 51.3. The van der Waals surface area contributed by atoms with Crippen molar-refractivity contribution in [3.8, 4) is 5.75 Å². The largest absolute Gasteiger partial charge is 0.495 e. The van der Waals surface area contributed by atoms with Crippen molar-refractivity contribution in [3.63, 3.8) is 0 Å². The van der Waals surface area contributed by atoms with Gasteiger partial charge in [0.05, 0.1) is 23.5 Å². The van der Waals surface area contributed by atoms with Gasteiger partial charge in [0.1, 0.15) is 5.75 Å². The van der Waals surface area contributed by atoms with E-state index in [1.807, 2.05) is 63.2 Å². The van der Waals surface area contributed by atoms with Crippen LogP contribution in [-0.2, 0) is 19.3 Å². The van der Waals surface area contributed by atoms with Crippen LogP contribution in [0.5, 0.6) is 5.75 Å². The van der Waals surface area contributed by atoms with Crippen molar-refractivity contribution >= 4 is 82.0 Å². The lowest BCUT2D eigenvalue weighted by molar-refractivity contribution is 0.416. The molecule has 0 atom stereocenters. The van der Waals surface area contributed by atoms with Gasteiger partial charge in [-0.2, -0.15) is 20.0 Å². The summed E-state index contributed by atoms with van der Waals surface area (Å²) in [6, 6.07) is 23.5. The number of methoxy groups -OCH3 is 1. The summed E-state index contributed by atoms with van der Waals surface area (Å²) in [5.41, 5.74) is 54.9. The summed E-state index contributed by atoms with van der Waals surface area (Å²) in [4.78, 5) is 30.4. The summed E-state index contributed by atoms with van der Waals surface area (Å²) in [5.74, 6) is 2.05. The molecule has 0 spiro atoms. The van der Waals surface area contributed by atoms with Gasteiger partial charge in [-0.15, -0.1) is 0 Å². The molecule has 21 nitrogen and oxygen atoms in total. The molecule has 0 aliphatic carbocycles. The van der Waals surface area contributed by atoms with Gasteiger partial charge in [-0.05, 0) is 85.5 Å². The lowest BCUT2D eigenvalue weighted by Gasteiger charge is -2.14. The van der Waals surface area contributed by atoms with Gasteiger partial charge >= 0.3 is 0 Å². The third-order valence-electron chi connectivity index (χ3n) is 9.28. The minimum absolute atomic E-state index is 0.106. The normalized spacial score (nSPS) is 12.6. The van der Waals surface area contributed by atoms with Gasteiger partial charge in [-0.1, -0.05) is 93.0 Å². The van der Waals surface area contributed by atoms with Crippen LogP contribution in [0.25, 0.3) is 0 Å². The zero-order valence-electron chi connectivity index (χ0n) is 41.0. The van der Waals surface area contributed by atoms with Gasteiger partial charge in [0, 0.05) is 39.6 Å². The van der Waals surface area contributed by atoms with Crippen LogP contribution < -0.4 is 71.9 Å². The number of guanidine groups is 8. The maximum Gasteiger partial charge on any atom is 0.218 e. The fraction of sp³-hybridized carbons (Fsp3) is 0.304. The average Bonchev–Trinajstić information content (AvgIpc) is 3.31. The maximum atomic E-state index is 6.01. The Balaban J connectivity index is 0.000000454. The van der Waals surface area contributed by atoms with E-state index < -0.39 is 0 Å². The number of nitrogens with zero attached hydrogens (tertiary/aromatic N) is 8. The van der Waals surface area contributed by atoms with E-state index in [4.69, 9.17) is 62.2 Å². The second-order valence-electron chi connectivity index (χ2n) is 14.0. The van der Waals surface area contributed by atoms with Gasteiger partial charge in [-0.25, -0.2) is 0 Å². The highest BCUT2D eigenvalue weighted by atomic mass is 35.5. The number of hydrogen-bond acceptors (Lipinski definition) is 5. The van der Waals surface area contributed by atoms with E-state index in [1.54, 1.807) is 34.3 Å². The topological polar surface area (TPSA) is 364 Å². The van der Waals surface area contributed by atoms with Gasteiger partial charge in [0.25, 0.3) is 0 Å². The van der Waals surface area contributed by atoms with Crippen LogP contribution in [-0.4, -0.2) is 83.0 Å². The number of nitrogens with one attached hydrogen (secondary N) is 4. The predicted molar refractivity (Wildman–Crippen MR) is 291 cm³/mol. The fourth-order valence-corrected chi connectivity index (χ4v) is 5.95. The van der Waals surface area contributed by atoms with Crippen LogP contribution in [0.3, 0.4) is 0 Å². The van der Waals surface area contributed by atoms with Crippen LogP contribution in [0.2, 0.25) is 5.02 Å². The standard InChI is InChI=1S/C13H21N5.C12H19N5.C11H17N5O.C10H14ClN5/c1-4-9-7-6-8-10(5-2)11(9)17-13(15)18-12(14)16-3;1-4-9-7-5-6-8(2)10(9)16-12(14)17-11(13)15-3;1-7-5-4-6-8(17-3)9(7)15-11(13)16-10(12)14-2;1-6-4-3-5-7(11)8(6)15-10(13)16-9(12)14-2/h6-8H,4-5H2,1-3H3,(H5,14,15,16,17,18);5-7H,4H2,1-3H3,(H5,13,14,15,16,17);4-6H,1-3H3,(H5,12,13,14,15,16);3-5H,1-2H3,(H5,12,13,14,15,16). The molecule has 0 aliphatic heterocycles. The Hall–Kier alpha value is -8.07. The highest BCUT2D eigenvalue weighted by molar-refractivity contribution is 6.34. The molecule has 0 saturated heterocycles. The molecule has 4 aromatic rings. The summed E-state index contributed by atoms with van der Waals surface area (Å²) < 4.78 is 5.22. The molecule has 0 aliphatic rings. The van der Waals surface area contributed by atoms with E-state index in [0.29, 0.717) is 16.5 Å². The Kier molecular flexibility index (Phi) is 26.4. The van der Waals surface area contributed by atoms with Gasteiger partial charge in [-0.3, -0.25) is 20.0 Å². The molecule has 0 radical (unpaired) electrons. The van der Waals surface area contributed by atoms with E-state index in [1.165, 1.54) is 23.7 Å². The number of anilines is 4. The summed E-state index contributed by atoms with van der Waals surface area (Å²) in [7, 11) is 7.81. The molecule has 0 unspecified atom stereocenters. The number of aliphatic imine (C=N–C) groups is 8. The molecular formula is C46H71ClN20O. The first-order chi connectivity index (χ1) is 32.3. The molecule has 0 bridgehead atoms. The van der Waals surface area contributed by atoms with Crippen molar-refractivity contribution < 1.29 is 4.74 Å². The molecule has 0 heterocycles. The van der Waals surface area contributed by atoms with Crippen LogP contribution in [0.1, 0.15) is 54.2 Å². The number of rotatable bonds is 8. The predicted octanol–water partition coefficient (Wildman–Crippen LogP) is 4.71. The van der Waals surface area contributed by atoms with E-state index >= 15 is 0 Å². The molecule has 0 aromatic heterocycles. The Morgan fingerprint density at radius 3 is 1.10 bits per heavy atom. The quantitative estimate of drug-likeness (QED) is 0.0842. The summed E-state index contributed by atoms with van der Waals surface area (Å²) in [6.07, 6.45) is 2.79. The van der Waals surface area contributed by atoms with Gasteiger partial charge < -0.3 is 71.9 Å². The number of ether oxygens (including phenoxy) is 1. The molecule has 4 rings (SSSR count). The maximum absolute atomic E-state index is 6.01. The Labute approximate surface area is 405 Å². The number of benzene rings is 4. The molecule has 22 heteroatoms. The first-order valence-corrected chi connectivity index (χ1v) is 21.6. The number of para-hydroxylation sites is 4. The second-order valence-corrected chi connectivity index (χ2v) is 14.4. The van der Waals surface area contributed by atoms with E-state index in [-0.39, 0.29) is 47.7 Å². The van der Waals surface area contributed by atoms with Crippen LogP contribution in [0.4, 0.5) is 22.7 Å². The Morgan fingerprint density at radius 2 is 0.735 bits per heavy atom. The molecule has 0 fully saturated rings. The molecule has 368 valence electrons. The van der Waals surface area contributed by atoms with E-state index in [9.17, 15) is 0 Å². The number of hydrogen-bond donors (Lipinski definition) is 12. The highest BCUT2D eigenvalue weighted by Crippen LogP contribution is 2.28. The van der Waals surface area contributed by atoms with E-state index in [2.05, 4.69) is 106 Å². The second kappa shape index (κ2) is 31.0. The fourth-order valence-electron chi connectivity index (χ4n) is 5.68. The van der Waals surface area contributed by atoms with Crippen LogP contribution in [0.15, 0.2) is 113 Å². The highest BCUT2D eigenvalue weighted by Gasteiger charge is 2.09. The number of halogens is 1. The monoisotopic (exact) mass is 955 g/mol. The SMILES string of the molecule is CCc1cccc(C)c1NC(N)=NC(N)=NC.CCc1cccc(CC)c1NC(N)=NC(N)=NC.CN=C(N)N=C(N)Nc1c(C)cccc1Cl.CN=C(N)N=C(N)Nc1c(C)cccc1OC. The molecule has 4 aromatic carbocycles. The zero-order valence-corrected chi connectivity index (χ0v) is 41.8. The number of aryl methyl sites for hydroxylation is 6. The van der Waals surface area contributed by atoms with Crippen molar-refractivity contribution in [2.24, 2.45) is 85.8 Å². The minimum Gasteiger partial charge on any atom is -0.495 e. The number of nitrogens with two attached hydrogens (primary N) is 8. The molecule has 0 saturated carbocycles. The molecule has 0 amide bonds. The summed E-state index contributed by atoms with van der Waals surface area (Å²) in [5, 5.41) is 12.6. The van der Waals surface area contributed by atoms with Crippen molar-refractivity contribution in [1.29, 1.82) is 0 Å². The van der Waals surface area contributed by atoms with Crippen molar-refractivity contribution in [1.82, 2.24) is 0 Å². The summed E-state index contributed by atoms with van der Waals surface area (Å²) >= 11 is 6.01. The average molecular weight is 956 g/mol. The molecule has 20 N–H and O–H groups in total. The molecular weight excluding hydrogens is 884 g/mol. The summed E-state index contributed by atoms with van der Waals surface area (Å²) in [6.45, 7) is 12.2. The van der Waals surface area contributed by atoms with Crippen molar-refractivity contribution in [3.05, 3.63) is 111 Å². The first kappa shape index (κ1) is 57.9. The lowest BCUT2D eigenvalue weighted by Crippen LogP contribution is -2.27.